The largest absolute Gasteiger partial charge is 0.426 e. The summed E-state index contributed by atoms with van der Waals surface area (Å²) >= 11 is 0. The number of ether oxygens (including phenoxy) is 1. The van der Waals surface area contributed by atoms with Crippen LogP contribution in [0.15, 0.2) is 89.8 Å². The van der Waals surface area contributed by atoms with Crippen LogP contribution in [0.3, 0.4) is 0 Å². The summed E-state index contributed by atoms with van der Waals surface area (Å²) in [5, 5.41) is 4.68. The van der Waals surface area contributed by atoms with Gasteiger partial charge in [-0.25, -0.2) is 0 Å². The Kier molecular flexibility index (Phi) is 5.44. The lowest BCUT2D eigenvalue weighted by Gasteiger charge is -2.45. The molecule has 0 fully saturated rings. The van der Waals surface area contributed by atoms with Gasteiger partial charge in [-0.2, -0.15) is 8.42 Å². The molecule has 0 aliphatic heterocycles. The standard InChI is InChI=1S/C35H28O5S/c36-35(40-31-15-16-32(41(37,38)39)25-12-6-5-11-24(25)31)30-19-28-26-14-13-20-7-3-4-10-23(20)33(26)34(30)29-18-22-9-2-1-8-21(22)17-27(28)29/h1-4,7-10,13-18,28,30,34H,5-6,11-12,19H2,(H,37,38,39). The van der Waals surface area contributed by atoms with Crippen molar-refractivity contribution in [1.82, 2.24) is 0 Å². The molecule has 9 rings (SSSR count). The first kappa shape index (κ1) is 24.8. The molecule has 3 unspecified atom stereocenters. The minimum Gasteiger partial charge on any atom is -0.426 e. The Bertz CT molecular complexity index is 2020. The minimum absolute atomic E-state index is 0.0765. The van der Waals surface area contributed by atoms with Gasteiger partial charge >= 0.3 is 5.97 Å². The third-order valence-electron chi connectivity index (χ3n) is 9.48. The van der Waals surface area contributed by atoms with Crippen molar-refractivity contribution in [3.8, 4) is 5.75 Å². The highest BCUT2D eigenvalue weighted by Gasteiger charge is 2.48. The van der Waals surface area contributed by atoms with Gasteiger partial charge in [-0.05, 0) is 99.2 Å². The van der Waals surface area contributed by atoms with Crippen LogP contribution >= 0.6 is 0 Å². The maximum absolute atomic E-state index is 14.2. The Labute approximate surface area is 238 Å². The highest BCUT2D eigenvalue weighted by molar-refractivity contribution is 7.85. The molecule has 5 nitrogen and oxygen atoms in total. The van der Waals surface area contributed by atoms with Crippen molar-refractivity contribution in [2.45, 2.75) is 48.8 Å². The molecule has 0 radical (unpaired) electrons. The van der Waals surface area contributed by atoms with E-state index in [0.29, 0.717) is 30.6 Å². The smallest absolute Gasteiger partial charge is 0.315 e. The van der Waals surface area contributed by atoms with Crippen LogP contribution in [-0.2, 0) is 27.8 Å². The van der Waals surface area contributed by atoms with E-state index in [-0.39, 0.29) is 28.6 Å². The SMILES string of the molecule is O=C(Oc1ccc(S(=O)(=O)O)c2c1CCCC2)C1CC2c3cc4ccccc4cc3C1c1c2ccc2ccccc12. The van der Waals surface area contributed by atoms with Crippen molar-refractivity contribution in [2.75, 3.05) is 0 Å². The van der Waals surface area contributed by atoms with Crippen molar-refractivity contribution in [3.05, 3.63) is 118 Å². The molecule has 0 aromatic heterocycles. The molecule has 5 aromatic carbocycles. The van der Waals surface area contributed by atoms with Gasteiger partial charge in [0.15, 0.2) is 0 Å². The molecule has 2 bridgehead atoms. The predicted octanol–water partition coefficient (Wildman–Crippen LogP) is 7.32. The topological polar surface area (TPSA) is 80.7 Å². The van der Waals surface area contributed by atoms with E-state index in [1.165, 1.54) is 45.2 Å². The predicted molar refractivity (Wildman–Crippen MR) is 158 cm³/mol. The zero-order valence-electron chi connectivity index (χ0n) is 22.3. The highest BCUT2D eigenvalue weighted by Crippen LogP contribution is 2.58. The molecule has 3 atom stereocenters. The van der Waals surface area contributed by atoms with E-state index in [1.807, 2.05) is 12.1 Å². The molecule has 4 aliphatic rings. The average molecular weight is 561 g/mol. The van der Waals surface area contributed by atoms with Gasteiger partial charge in [0, 0.05) is 11.8 Å². The Morgan fingerprint density at radius 2 is 1.44 bits per heavy atom. The fourth-order valence-corrected chi connectivity index (χ4v) is 8.53. The van der Waals surface area contributed by atoms with Crippen molar-refractivity contribution < 1.29 is 22.5 Å². The molecular weight excluding hydrogens is 532 g/mol. The monoisotopic (exact) mass is 560 g/mol. The van der Waals surface area contributed by atoms with E-state index in [9.17, 15) is 17.8 Å². The molecule has 6 heteroatoms. The normalized spacial score (nSPS) is 20.9. The van der Waals surface area contributed by atoms with Crippen LogP contribution in [-0.4, -0.2) is 18.9 Å². The van der Waals surface area contributed by atoms with Crippen LogP contribution in [0.5, 0.6) is 5.75 Å². The van der Waals surface area contributed by atoms with Crippen LogP contribution in [0.2, 0.25) is 0 Å². The summed E-state index contributed by atoms with van der Waals surface area (Å²) in [6, 6.07) is 28.6. The fraction of sp³-hybridized carbons (Fsp3) is 0.229. The molecule has 5 aromatic rings. The molecule has 0 saturated heterocycles. The van der Waals surface area contributed by atoms with Crippen molar-refractivity contribution >= 4 is 37.6 Å². The van der Waals surface area contributed by atoms with Crippen LogP contribution in [0, 0.1) is 5.92 Å². The lowest BCUT2D eigenvalue weighted by atomic mass is 9.58. The van der Waals surface area contributed by atoms with Crippen LogP contribution in [0.4, 0.5) is 0 Å². The van der Waals surface area contributed by atoms with Crippen LogP contribution in [0.25, 0.3) is 21.5 Å². The first-order valence-electron chi connectivity index (χ1n) is 14.3. The van der Waals surface area contributed by atoms with Gasteiger partial charge in [-0.15, -0.1) is 0 Å². The lowest BCUT2D eigenvalue weighted by Crippen LogP contribution is -2.38. The van der Waals surface area contributed by atoms with E-state index in [0.717, 1.165) is 29.2 Å². The summed E-state index contributed by atoms with van der Waals surface area (Å²) in [6.07, 6.45) is 3.50. The van der Waals surface area contributed by atoms with Gasteiger partial charge in [-0.3, -0.25) is 9.35 Å². The zero-order valence-corrected chi connectivity index (χ0v) is 23.2. The number of benzene rings is 5. The van der Waals surface area contributed by atoms with Gasteiger partial charge in [0.1, 0.15) is 5.75 Å². The molecule has 0 heterocycles. The molecule has 204 valence electrons. The second-order valence-corrected chi connectivity index (χ2v) is 13.0. The van der Waals surface area contributed by atoms with Crippen molar-refractivity contribution in [1.29, 1.82) is 0 Å². The number of carbonyl (C=O) groups is 1. The molecule has 41 heavy (non-hydrogen) atoms. The Hall–Kier alpha value is -4.00. The molecule has 0 amide bonds. The molecule has 4 aliphatic carbocycles. The number of carbonyl (C=O) groups excluding carboxylic acids is 1. The quantitative estimate of drug-likeness (QED) is 0.142. The second kappa shape index (κ2) is 9.00. The zero-order chi connectivity index (χ0) is 27.9. The van der Waals surface area contributed by atoms with Gasteiger partial charge in [0.25, 0.3) is 10.1 Å². The molecule has 1 N–H and O–H groups in total. The van der Waals surface area contributed by atoms with E-state index in [1.54, 1.807) is 0 Å². The van der Waals surface area contributed by atoms with E-state index in [4.69, 9.17) is 4.74 Å². The first-order valence-corrected chi connectivity index (χ1v) is 15.7. The number of hydrogen-bond donors (Lipinski definition) is 1. The van der Waals surface area contributed by atoms with Crippen LogP contribution in [0.1, 0.15) is 64.5 Å². The highest BCUT2D eigenvalue weighted by atomic mass is 32.2. The fourth-order valence-electron chi connectivity index (χ4n) is 7.75. The maximum Gasteiger partial charge on any atom is 0.315 e. The molecule has 0 spiro atoms. The maximum atomic E-state index is 14.2. The van der Waals surface area contributed by atoms with Crippen molar-refractivity contribution in [3.63, 3.8) is 0 Å². The lowest BCUT2D eigenvalue weighted by molar-refractivity contribution is -0.140. The number of fused-ring (bicyclic) bond motifs is 4. The Balaban J connectivity index is 1.27. The number of hydrogen-bond acceptors (Lipinski definition) is 4. The summed E-state index contributed by atoms with van der Waals surface area (Å²) < 4.78 is 40.1. The summed E-state index contributed by atoms with van der Waals surface area (Å²) in [4.78, 5) is 14.1. The average Bonchev–Trinajstić information content (AvgIpc) is 2.99. The van der Waals surface area contributed by atoms with Gasteiger partial charge in [-0.1, -0.05) is 72.8 Å². The van der Waals surface area contributed by atoms with E-state index in [2.05, 4.69) is 60.7 Å². The third kappa shape index (κ3) is 3.77. The van der Waals surface area contributed by atoms with E-state index >= 15 is 0 Å². The van der Waals surface area contributed by atoms with Gasteiger partial charge in [0.2, 0.25) is 0 Å². The minimum atomic E-state index is -4.36. The second-order valence-electron chi connectivity index (χ2n) is 11.6. The molecule has 0 saturated carbocycles. The van der Waals surface area contributed by atoms with Gasteiger partial charge in [0.05, 0.1) is 10.8 Å². The summed E-state index contributed by atoms with van der Waals surface area (Å²) in [7, 11) is -4.36. The summed E-state index contributed by atoms with van der Waals surface area (Å²) in [6.45, 7) is 0. The number of rotatable bonds is 3. The Morgan fingerprint density at radius 1 is 0.756 bits per heavy atom. The third-order valence-corrected chi connectivity index (χ3v) is 10.4. The Morgan fingerprint density at radius 3 is 2.20 bits per heavy atom. The van der Waals surface area contributed by atoms with Gasteiger partial charge < -0.3 is 4.74 Å². The van der Waals surface area contributed by atoms with Crippen LogP contribution < -0.4 is 4.74 Å². The van der Waals surface area contributed by atoms with Crippen molar-refractivity contribution in [2.24, 2.45) is 5.92 Å². The van der Waals surface area contributed by atoms with E-state index < -0.39 is 10.1 Å². The summed E-state index contributed by atoms with van der Waals surface area (Å²) in [5.41, 5.74) is 6.27. The summed E-state index contributed by atoms with van der Waals surface area (Å²) in [5.74, 6) is -0.332. The number of esters is 1. The molecular formula is C35H28O5S. The first-order chi connectivity index (χ1) is 19.9.